The molecule has 0 aromatic heterocycles. The number of benzene rings is 1. The fraction of sp³-hybridized carbons (Fsp3) is 0.353. The minimum Gasteiger partial charge on any atom is -0.464 e. The zero-order valence-electron chi connectivity index (χ0n) is 12.2. The van der Waals surface area contributed by atoms with Crippen LogP contribution in [0.5, 0.6) is 0 Å². The Hall–Kier alpha value is -2.43. The molecule has 0 bridgehead atoms. The number of rotatable bonds is 4. The molecule has 1 heterocycles. The van der Waals surface area contributed by atoms with Gasteiger partial charge in [-0.1, -0.05) is 24.3 Å². The number of carbonyl (C=O) groups is 3. The van der Waals surface area contributed by atoms with Gasteiger partial charge in [0.25, 0.3) is 11.8 Å². The minimum absolute atomic E-state index is 0.0461. The number of fused-ring (bicyclic) bond motifs is 1. The summed E-state index contributed by atoms with van der Waals surface area (Å²) in [6.45, 7) is 0.144. The molecule has 1 aliphatic heterocycles. The lowest BCUT2D eigenvalue weighted by Crippen LogP contribution is -2.34. The zero-order chi connectivity index (χ0) is 15.5. The Kier molecular flexibility index (Phi) is 4.04. The highest BCUT2D eigenvalue weighted by Gasteiger charge is 2.35. The van der Waals surface area contributed by atoms with Crippen LogP contribution in [-0.4, -0.2) is 35.8 Å². The van der Waals surface area contributed by atoms with E-state index in [4.69, 9.17) is 4.74 Å². The first-order valence-electron chi connectivity index (χ1n) is 7.45. The fourth-order valence-electron chi connectivity index (χ4n) is 2.81. The van der Waals surface area contributed by atoms with Gasteiger partial charge in [0.1, 0.15) is 6.61 Å². The van der Waals surface area contributed by atoms with Gasteiger partial charge in [0.05, 0.1) is 23.6 Å². The van der Waals surface area contributed by atoms with Crippen molar-refractivity contribution in [3.63, 3.8) is 0 Å². The van der Waals surface area contributed by atoms with E-state index in [1.54, 1.807) is 24.3 Å². The molecule has 0 N–H and O–H groups in total. The van der Waals surface area contributed by atoms with E-state index >= 15 is 0 Å². The van der Waals surface area contributed by atoms with Crippen molar-refractivity contribution in [2.75, 3.05) is 13.2 Å². The van der Waals surface area contributed by atoms with Crippen molar-refractivity contribution in [1.82, 2.24) is 4.90 Å². The van der Waals surface area contributed by atoms with Crippen LogP contribution in [0.1, 0.15) is 40.0 Å². The third-order valence-electron chi connectivity index (χ3n) is 4.04. The number of imide groups is 1. The normalized spacial score (nSPS) is 20.2. The number of hydrogen-bond donors (Lipinski definition) is 0. The quantitative estimate of drug-likeness (QED) is 0.485. The third kappa shape index (κ3) is 2.66. The van der Waals surface area contributed by atoms with Crippen molar-refractivity contribution >= 4 is 17.8 Å². The predicted molar refractivity (Wildman–Crippen MR) is 79.2 cm³/mol. The van der Waals surface area contributed by atoms with Gasteiger partial charge in [0, 0.05) is 0 Å². The van der Waals surface area contributed by atoms with E-state index in [0.29, 0.717) is 17.5 Å². The molecule has 0 saturated carbocycles. The lowest BCUT2D eigenvalue weighted by Gasteiger charge is -2.18. The summed E-state index contributed by atoms with van der Waals surface area (Å²) in [5.41, 5.74) is 0.826. The molecule has 22 heavy (non-hydrogen) atoms. The molecule has 0 unspecified atom stereocenters. The highest BCUT2D eigenvalue weighted by atomic mass is 16.5. The van der Waals surface area contributed by atoms with Crippen LogP contribution < -0.4 is 0 Å². The second-order valence-electron chi connectivity index (χ2n) is 5.46. The van der Waals surface area contributed by atoms with E-state index in [-0.39, 0.29) is 36.9 Å². The number of nitrogens with zero attached hydrogens (tertiary/aromatic N) is 1. The predicted octanol–water partition coefficient (Wildman–Crippen LogP) is 2.18. The standard InChI is InChI=1S/C17H17NO4/c19-15-13-8-4-5-9-14(13)16(20)18(15)10-11-22-17(21)12-6-2-1-3-7-12/h1-2,4-5,8-9,12H,3,6-7,10-11H2/t12-/m1/s1. The highest BCUT2D eigenvalue weighted by molar-refractivity contribution is 6.21. The highest BCUT2D eigenvalue weighted by Crippen LogP contribution is 2.22. The Bertz CT molecular complexity index is 615. The molecule has 1 aromatic carbocycles. The second-order valence-corrected chi connectivity index (χ2v) is 5.46. The summed E-state index contributed by atoms with van der Waals surface area (Å²) in [5.74, 6) is -0.998. The van der Waals surface area contributed by atoms with Gasteiger partial charge in [-0.25, -0.2) is 0 Å². The summed E-state index contributed by atoms with van der Waals surface area (Å²) in [4.78, 5) is 37.3. The molecule has 0 radical (unpaired) electrons. The number of ether oxygens (including phenoxy) is 1. The van der Waals surface area contributed by atoms with Gasteiger partial charge >= 0.3 is 5.97 Å². The summed E-state index contributed by atoms with van der Waals surface area (Å²) in [6, 6.07) is 6.72. The Morgan fingerprint density at radius 1 is 1.14 bits per heavy atom. The smallest absolute Gasteiger partial charge is 0.309 e. The van der Waals surface area contributed by atoms with Gasteiger partial charge in [-0.3, -0.25) is 19.3 Å². The molecular formula is C17H17NO4. The van der Waals surface area contributed by atoms with E-state index in [2.05, 4.69) is 6.08 Å². The topological polar surface area (TPSA) is 63.7 Å². The zero-order valence-corrected chi connectivity index (χ0v) is 12.2. The van der Waals surface area contributed by atoms with E-state index in [1.807, 2.05) is 6.08 Å². The molecule has 0 saturated heterocycles. The summed E-state index contributed by atoms with van der Waals surface area (Å²) in [6.07, 6.45) is 6.43. The molecule has 2 aliphatic rings. The van der Waals surface area contributed by atoms with E-state index in [0.717, 1.165) is 17.7 Å². The molecule has 114 valence electrons. The van der Waals surface area contributed by atoms with Crippen molar-refractivity contribution in [2.24, 2.45) is 5.92 Å². The average molecular weight is 299 g/mol. The van der Waals surface area contributed by atoms with Gasteiger partial charge < -0.3 is 4.74 Å². The lowest BCUT2D eigenvalue weighted by atomic mass is 9.95. The lowest BCUT2D eigenvalue weighted by molar-refractivity contribution is -0.149. The van der Waals surface area contributed by atoms with Crippen LogP contribution in [0.4, 0.5) is 0 Å². The van der Waals surface area contributed by atoms with Crippen molar-refractivity contribution in [3.05, 3.63) is 47.5 Å². The first-order valence-corrected chi connectivity index (χ1v) is 7.45. The maximum absolute atomic E-state index is 12.1. The van der Waals surface area contributed by atoms with Crippen LogP contribution in [0.3, 0.4) is 0 Å². The second kappa shape index (κ2) is 6.13. The van der Waals surface area contributed by atoms with Crippen LogP contribution in [0.25, 0.3) is 0 Å². The van der Waals surface area contributed by atoms with Crippen molar-refractivity contribution in [3.8, 4) is 0 Å². The molecule has 1 aromatic rings. The van der Waals surface area contributed by atoms with Gasteiger partial charge in [0.15, 0.2) is 0 Å². The first-order chi connectivity index (χ1) is 10.7. The Labute approximate surface area is 128 Å². The van der Waals surface area contributed by atoms with Crippen molar-refractivity contribution < 1.29 is 19.1 Å². The number of hydrogen-bond acceptors (Lipinski definition) is 4. The number of carbonyl (C=O) groups excluding carboxylic acids is 3. The molecule has 5 heteroatoms. The van der Waals surface area contributed by atoms with Crippen LogP contribution in [0.2, 0.25) is 0 Å². The Morgan fingerprint density at radius 2 is 1.82 bits per heavy atom. The molecule has 1 atom stereocenters. The minimum atomic E-state index is -0.322. The molecular weight excluding hydrogens is 282 g/mol. The summed E-state index contributed by atoms with van der Waals surface area (Å²) < 4.78 is 5.22. The van der Waals surface area contributed by atoms with Gasteiger partial charge in [-0.2, -0.15) is 0 Å². The molecule has 5 nitrogen and oxygen atoms in total. The third-order valence-corrected chi connectivity index (χ3v) is 4.04. The SMILES string of the molecule is O=C(OCCN1C(=O)c2ccccc2C1=O)[C@@H]1CC=CCC1. The van der Waals surface area contributed by atoms with E-state index < -0.39 is 0 Å². The molecule has 0 spiro atoms. The maximum Gasteiger partial charge on any atom is 0.309 e. The Balaban J connectivity index is 1.55. The number of amides is 2. The molecule has 1 aliphatic carbocycles. The monoisotopic (exact) mass is 299 g/mol. The van der Waals surface area contributed by atoms with Crippen molar-refractivity contribution in [2.45, 2.75) is 19.3 Å². The fourth-order valence-corrected chi connectivity index (χ4v) is 2.81. The molecule has 2 amide bonds. The summed E-state index contributed by atoms with van der Waals surface area (Å²) in [5, 5.41) is 0. The van der Waals surface area contributed by atoms with Crippen LogP contribution in [0, 0.1) is 5.92 Å². The number of esters is 1. The molecule has 0 fully saturated rings. The van der Waals surface area contributed by atoms with E-state index in [9.17, 15) is 14.4 Å². The van der Waals surface area contributed by atoms with Gasteiger partial charge in [0.2, 0.25) is 0 Å². The van der Waals surface area contributed by atoms with Gasteiger partial charge in [-0.05, 0) is 31.4 Å². The first kappa shape index (κ1) is 14.5. The van der Waals surface area contributed by atoms with Crippen LogP contribution in [0.15, 0.2) is 36.4 Å². The van der Waals surface area contributed by atoms with Crippen LogP contribution in [-0.2, 0) is 9.53 Å². The van der Waals surface area contributed by atoms with E-state index in [1.165, 1.54) is 0 Å². The summed E-state index contributed by atoms with van der Waals surface area (Å²) in [7, 11) is 0. The van der Waals surface area contributed by atoms with Crippen LogP contribution >= 0.6 is 0 Å². The maximum atomic E-state index is 12.1. The summed E-state index contributed by atoms with van der Waals surface area (Å²) >= 11 is 0. The largest absolute Gasteiger partial charge is 0.464 e. The molecule has 3 rings (SSSR count). The number of allylic oxidation sites excluding steroid dienone is 2. The van der Waals surface area contributed by atoms with Crippen molar-refractivity contribution in [1.29, 1.82) is 0 Å². The average Bonchev–Trinajstić information content (AvgIpc) is 2.81. The van der Waals surface area contributed by atoms with Gasteiger partial charge in [-0.15, -0.1) is 0 Å². The Morgan fingerprint density at radius 3 is 2.41 bits per heavy atom.